The van der Waals surface area contributed by atoms with Crippen LogP contribution in [0.5, 0.6) is 0 Å². The monoisotopic (exact) mass is 362 g/mol. The van der Waals surface area contributed by atoms with Crippen LogP contribution in [-0.4, -0.2) is 0 Å². The van der Waals surface area contributed by atoms with E-state index < -0.39 is 0 Å². The molecule has 0 heterocycles. The van der Waals surface area contributed by atoms with Crippen molar-refractivity contribution in [2.24, 2.45) is 0 Å². The maximum atomic E-state index is 6.40. The summed E-state index contributed by atoms with van der Waals surface area (Å²) >= 11 is 21.7. The fraction of sp³-hybridized carbons (Fsp3) is 0.143. The summed E-state index contributed by atoms with van der Waals surface area (Å²) in [7, 11) is 0. The summed E-state index contributed by atoms with van der Waals surface area (Å²) in [6, 6.07) is 13.5. The molecule has 94 valence electrons. The topological polar surface area (TPSA) is 0 Å². The standard InChI is InChI=1S/C14H10BrCl3/c15-11-3-1-9(2-4-11)5-14(18)10-6-12(16)8-13(17)7-10/h1-4,6-8,14H,5H2. The van der Waals surface area contributed by atoms with E-state index in [1.165, 1.54) is 5.56 Å². The van der Waals surface area contributed by atoms with E-state index in [-0.39, 0.29) is 5.38 Å². The molecule has 2 aromatic carbocycles. The van der Waals surface area contributed by atoms with Crippen LogP contribution in [0.2, 0.25) is 10.0 Å². The fourth-order valence-electron chi connectivity index (χ4n) is 1.70. The fourth-order valence-corrected chi connectivity index (χ4v) is 2.81. The van der Waals surface area contributed by atoms with E-state index in [0.717, 1.165) is 16.5 Å². The Labute approximate surface area is 130 Å². The van der Waals surface area contributed by atoms with Crippen LogP contribution in [0.15, 0.2) is 46.9 Å². The van der Waals surface area contributed by atoms with Crippen LogP contribution >= 0.6 is 50.7 Å². The van der Waals surface area contributed by atoms with Gasteiger partial charge in [0.2, 0.25) is 0 Å². The highest BCUT2D eigenvalue weighted by atomic mass is 79.9. The van der Waals surface area contributed by atoms with Crippen molar-refractivity contribution in [3.05, 3.63) is 68.1 Å². The molecule has 0 N–H and O–H groups in total. The van der Waals surface area contributed by atoms with E-state index in [0.29, 0.717) is 10.0 Å². The SMILES string of the molecule is Clc1cc(Cl)cc(C(Cl)Cc2ccc(Br)cc2)c1. The van der Waals surface area contributed by atoms with Gasteiger partial charge in [0.25, 0.3) is 0 Å². The minimum absolute atomic E-state index is 0.137. The second-order valence-corrected chi connectivity index (χ2v) is 6.32. The van der Waals surface area contributed by atoms with Gasteiger partial charge in [-0.1, -0.05) is 51.3 Å². The van der Waals surface area contributed by atoms with E-state index in [4.69, 9.17) is 34.8 Å². The summed E-state index contributed by atoms with van der Waals surface area (Å²) < 4.78 is 1.06. The normalized spacial score (nSPS) is 12.4. The van der Waals surface area contributed by atoms with Gasteiger partial charge in [0, 0.05) is 14.5 Å². The smallest absolute Gasteiger partial charge is 0.0626 e. The van der Waals surface area contributed by atoms with E-state index in [1.54, 1.807) is 6.07 Å². The van der Waals surface area contributed by atoms with Gasteiger partial charge in [0.05, 0.1) is 5.38 Å². The molecule has 0 aromatic heterocycles. The summed E-state index contributed by atoms with van der Waals surface area (Å²) in [5, 5.41) is 1.08. The van der Waals surface area contributed by atoms with Crippen LogP contribution in [0, 0.1) is 0 Å². The molecule has 0 fully saturated rings. The number of halogens is 4. The van der Waals surface area contributed by atoms with Crippen molar-refractivity contribution in [3.8, 4) is 0 Å². The summed E-state index contributed by atoms with van der Waals surface area (Å²) in [6.07, 6.45) is 0.742. The first kappa shape index (κ1) is 14.2. The van der Waals surface area contributed by atoms with Crippen molar-refractivity contribution < 1.29 is 0 Å². The van der Waals surface area contributed by atoms with Crippen LogP contribution < -0.4 is 0 Å². The third-order valence-corrected chi connectivity index (χ3v) is 3.95. The molecule has 0 radical (unpaired) electrons. The lowest BCUT2D eigenvalue weighted by Crippen LogP contribution is -1.96. The number of hydrogen-bond donors (Lipinski definition) is 0. The largest absolute Gasteiger partial charge is 0.117 e. The molecular formula is C14H10BrCl3. The molecule has 0 aliphatic carbocycles. The predicted molar refractivity (Wildman–Crippen MR) is 82.9 cm³/mol. The minimum Gasteiger partial charge on any atom is -0.117 e. The third-order valence-electron chi connectivity index (χ3n) is 2.57. The van der Waals surface area contributed by atoms with Gasteiger partial charge in [0.15, 0.2) is 0 Å². The van der Waals surface area contributed by atoms with Crippen LogP contribution in [0.1, 0.15) is 16.5 Å². The molecule has 2 rings (SSSR count). The number of hydrogen-bond acceptors (Lipinski definition) is 0. The first-order valence-electron chi connectivity index (χ1n) is 5.39. The van der Waals surface area contributed by atoms with E-state index in [2.05, 4.69) is 15.9 Å². The first-order valence-corrected chi connectivity index (χ1v) is 7.37. The lowest BCUT2D eigenvalue weighted by molar-refractivity contribution is 0.920. The number of alkyl halides is 1. The molecule has 0 spiro atoms. The van der Waals surface area contributed by atoms with E-state index >= 15 is 0 Å². The molecule has 18 heavy (non-hydrogen) atoms. The molecule has 0 bridgehead atoms. The van der Waals surface area contributed by atoms with Gasteiger partial charge >= 0.3 is 0 Å². The van der Waals surface area contributed by atoms with Crippen molar-refractivity contribution in [3.63, 3.8) is 0 Å². The van der Waals surface area contributed by atoms with Crippen LogP contribution in [0.25, 0.3) is 0 Å². The molecule has 0 nitrogen and oxygen atoms in total. The maximum Gasteiger partial charge on any atom is 0.0626 e. The summed E-state index contributed by atoms with van der Waals surface area (Å²) in [6.45, 7) is 0. The van der Waals surface area contributed by atoms with Crippen LogP contribution in [0.3, 0.4) is 0 Å². The Morgan fingerprint density at radius 1 is 0.944 bits per heavy atom. The highest BCUT2D eigenvalue weighted by Crippen LogP contribution is 2.30. The third kappa shape index (κ3) is 3.89. The van der Waals surface area contributed by atoms with Crippen LogP contribution in [0.4, 0.5) is 0 Å². The Kier molecular flexibility index (Phi) is 4.97. The highest BCUT2D eigenvalue weighted by molar-refractivity contribution is 9.10. The maximum absolute atomic E-state index is 6.40. The average molecular weight is 364 g/mol. The van der Waals surface area contributed by atoms with Crippen molar-refractivity contribution in [1.82, 2.24) is 0 Å². The molecular weight excluding hydrogens is 354 g/mol. The molecule has 1 unspecified atom stereocenters. The summed E-state index contributed by atoms with van der Waals surface area (Å²) in [5.74, 6) is 0. The second kappa shape index (κ2) is 6.29. The van der Waals surface area contributed by atoms with Crippen molar-refractivity contribution in [2.45, 2.75) is 11.8 Å². The lowest BCUT2D eigenvalue weighted by atomic mass is 10.0. The van der Waals surface area contributed by atoms with E-state index in [9.17, 15) is 0 Å². The second-order valence-electron chi connectivity index (χ2n) is 4.00. The van der Waals surface area contributed by atoms with Gasteiger partial charge in [-0.3, -0.25) is 0 Å². The Balaban J connectivity index is 2.16. The Morgan fingerprint density at radius 2 is 1.50 bits per heavy atom. The first-order chi connectivity index (χ1) is 8.54. The quantitative estimate of drug-likeness (QED) is 0.562. The molecule has 1 atom stereocenters. The molecule has 0 aliphatic rings. The highest BCUT2D eigenvalue weighted by Gasteiger charge is 2.10. The van der Waals surface area contributed by atoms with E-state index in [1.807, 2.05) is 36.4 Å². The van der Waals surface area contributed by atoms with Crippen molar-refractivity contribution in [2.75, 3.05) is 0 Å². The predicted octanol–water partition coefficient (Wildman–Crippen LogP) is 6.28. The van der Waals surface area contributed by atoms with Crippen molar-refractivity contribution >= 4 is 50.7 Å². The van der Waals surface area contributed by atoms with Gasteiger partial charge < -0.3 is 0 Å². The number of rotatable bonds is 3. The van der Waals surface area contributed by atoms with Gasteiger partial charge in [-0.05, 0) is 47.9 Å². The average Bonchev–Trinajstić information content (AvgIpc) is 2.31. The zero-order valence-corrected chi connectivity index (χ0v) is 13.2. The van der Waals surface area contributed by atoms with Crippen LogP contribution in [-0.2, 0) is 6.42 Å². The van der Waals surface area contributed by atoms with Gasteiger partial charge in [-0.2, -0.15) is 0 Å². The molecule has 2 aromatic rings. The van der Waals surface area contributed by atoms with Crippen molar-refractivity contribution in [1.29, 1.82) is 0 Å². The minimum atomic E-state index is -0.137. The summed E-state index contributed by atoms with van der Waals surface area (Å²) in [5.41, 5.74) is 2.12. The zero-order valence-electron chi connectivity index (χ0n) is 9.34. The Morgan fingerprint density at radius 3 is 2.06 bits per heavy atom. The van der Waals surface area contributed by atoms with Gasteiger partial charge in [-0.25, -0.2) is 0 Å². The van der Waals surface area contributed by atoms with Gasteiger partial charge in [-0.15, -0.1) is 11.6 Å². The lowest BCUT2D eigenvalue weighted by Gasteiger charge is -2.11. The van der Waals surface area contributed by atoms with Gasteiger partial charge in [0.1, 0.15) is 0 Å². The molecule has 0 amide bonds. The molecule has 0 aliphatic heterocycles. The molecule has 0 saturated carbocycles. The molecule has 4 heteroatoms. The number of benzene rings is 2. The Bertz CT molecular complexity index is 517. The Hall–Kier alpha value is -0.210. The molecule has 0 saturated heterocycles. The zero-order chi connectivity index (χ0) is 13.1. The summed E-state index contributed by atoms with van der Waals surface area (Å²) in [4.78, 5) is 0.